The molecule has 0 radical (unpaired) electrons. The largest absolute Gasteiger partial charge is 0.290 e. The average Bonchev–Trinajstić information content (AvgIpc) is 3.21. The van der Waals surface area contributed by atoms with E-state index in [1.54, 1.807) is 24.3 Å². The van der Waals surface area contributed by atoms with Crippen LogP contribution in [0.5, 0.6) is 0 Å². The number of H-pyrrole nitrogens is 1. The van der Waals surface area contributed by atoms with Crippen molar-refractivity contribution in [2.75, 3.05) is 6.54 Å². The van der Waals surface area contributed by atoms with Crippen molar-refractivity contribution < 1.29 is 9.59 Å². The number of aromatic amines is 1. The van der Waals surface area contributed by atoms with Crippen LogP contribution in [-0.2, 0) is 11.3 Å². The van der Waals surface area contributed by atoms with Gasteiger partial charge in [0.1, 0.15) is 0 Å². The van der Waals surface area contributed by atoms with Crippen molar-refractivity contribution in [3.8, 4) is 0 Å². The van der Waals surface area contributed by atoms with E-state index in [2.05, 4.69) is 25.9 Å². The fraction of sp³-hybridized carbons (Fsp3) is 0.238. The van der Waals surface area contributed by atoms with Gasteiger partial charge in [0, 0.05) is 11.9 Å². The number of carbonyl (C=O) groups is 2. The zero-order valence-corrected chi connectivity index (χ0v) is 15.7. The highest BCUT2D eigenvalue weighted by atomic mass is 16.2. The Labute approximate surface area is 166 Å². The van der Waals surface area contributed by atoms with E-state index < -0.39 is 5.91 Å². The molecule has 0 saturated carbocycles. The van der Waals surface area contributed by atoms with Crippen LogP contribution >= 0.6 is 0 Å². The fourth-order valence-corrected chi connectivity index (χ4v) is 3.68. The third kappa shape index (κ3) is 4.02. The van der Waals surface area contributed by atoms with Crippen LogP contribution < -0.4 is 16.4 Å². The molecule has 4 rings (SSSR count). The van der Waals surface area contributed by atoms with Gasteiger partial charge >= 0.3 is 0 Å². The van der Waals surface area contributed by atoms with Crippen molar-refractivity contribution in [2.45, 2.75) is 25.4 Å². The first-order chi connectivity index (χ1) is 14.1. The number of hydrazine groups is 1. The van der Waals surface area contributed by atoms with Crippen molar-refractivity contribution in [1.82, 2.24) is 25.9 Å². The van der Waals surface area contributed by atoms with Gasteiger partial charge in [-0.05, 0) is 31.0 Å². The molecule has 1 aliphatic rings. The molecule has 2 amide bonds. The number of carbonyl (C=O) groups excluding carboxylic acids is 2. The molecular weight excluding hydrogens is 370 g/mol. The molecule has 148 valence electrons. The van der Waals surface area contributed by atoms with Crippen molar-refractivity contribution in [1.29, 1.82) is 0 Å². The summed E-state index contributed by atoms with van der Waals surface area (Å²) in [6.07, 6.45) is 1.65. The van der Waals surface area contributed by atoms with E-state index in [4.69, 9.17) is 0 Å². The van der Waals surface area contributed by atoms with Gasteiger partial charge in [0.25, 0.3) is 17.4 Å². The number of amides is 2. The van der Waals surface area contributed by atoms with Gasteiger partial charge in [-0.15, -0.1) is 0 Å². The molecule has 3 N–H and O–H groups in total. The molecule has 1 aromatic heterocycles. The zero-order chi connectivity index (χ0) is 20.2. The number of likely N-dealkylation sites (tertiary alicyclic amines) is 1. The van der Waals surface area contributed by atoms with Crippen LogP contribution in [0.3, 0.4) is 0 Å². The molecule has 0 bridgehead atoms. The van der Waals surface area contributed by atoms with E-state index in [1.807, 2.05) is 30.3 Å². The Hall–Kier alpha value is -3.52. The first-order valence-corrected chi connectivity index (χ1v) is 9.49. The lowest BCUT2D eigenvalue weighted by molar-refractivity contribution is -0.126. The number of fused-ring (bicyclic) bond motifs is 1. The minimum absolute atomic E-state index is 0.0491. The minimum atomic E-state index is -0.585. The van der Waals surface area contributed by atoms with Gasteiger partial charge in [-0.3, -0.25) is 30.1 Å². The summed E-state index contributed by atoms with van der Waals surface area (Å²) < 4.78 is 0. The lowest BCUT2D eigenvalue weighted by atomic mass is 10.1. The Kier molecular flexibility index (Phi) is 5.35. The molecule has 3 aromatic rings. The number of nitrogens with zero attached hydrogens (tertiary/aromatic N) is 2. The highest BCUT2D eigenvalue weighted by Crippen LogP contribution is 2.20. The van der Waals surface area contributed by atoms with Crippen LogP contribution in [0, 0.1) is 0 Å². The second-order valence-electron chi connectivity index (χ2n) is 7.00. The van der Waals surface area contributed by atoms with Crippen LogP contribution in [0.2, 0.25) is 0 Å². The first kappa shape index (κ1) is 18.8. The number of hydrogen-bond acceptors (Lipinski definition) is 5. The van der Waals surface area contributed by atoms with E-state index >= 15 is 0 Å². The maximum atomic E-state index is 12.7. The Balaban J connectivity index is 1.42. The number of nitrogens with one attached hydrogen (secondary N) is 3. The molecule has 2 aromatic carbocycles. The fourth-order valence-electron chi connectivity index (χ4n) is 3.68. The summed E-state index contributed by atoms with van der Waals surface area (Å²) in [5.74, 6) is -0.848. The van der Waals surface area contributed by atoms with E-state index in [1.165, 1.54) is 0 Å². The predicted molar refractivity (Wildman–Crippen MR) is 108 cm³/mol. The smallest absolute Gasteiger partial charge is 0.288 e. The van der Waals surface area contributed by atoms with Crippen LogP contribution in [0.25, 0.3) is 10.8 Å². The van der Waals surface area contributed by atoms with Gasteiger partial charge < -0.3 is 0 Å². The van der Waals surface area contributed by atoms with Crippen LogP contribution in [0.1, 0.15) is 28.9 Å². The zero-order valence-electron chi connectivity index (χ0n) is 15.7. The van der Waals surface area contributed by atoms with Crippen molar-refractivity contribution in [3.05, 3.63) is 76.2 Å². The number of rotatable bonds is 4. The van der Waals surface area contributed by atoms with Crippen LogP contribution in [-0.4, -0.2) is 39.5 Å². The molecule has 29 heavy (non-hydrogen) atoms. The summed E-state index contributed by atoms with van der Waals surface area (Å²) in [5, 5.41) is 6.95. The molecule has 0 spiro atoms. The molecule has 0 aliphatic carbocycles. The molecule has 1 aliphatic heterocycles. The summed E-state index contributed by atoms with van der Waals surface area (Å²) in [5.41, 5.74) is 5.74. The molecule has 1 saturated heterocycles. The standard InChI is InChI=1S/C21H21N5O3/c27-19-16-10-5-4-9-15(16)18(22-23-19)21(29)25-24-20(28)17-11-6-12-26(17)13-14-7-2-1-3-8-14/h1-5,7-10,17H,6,11-13H2,(H,23,27)(H,24,28)(H,25,29). The maximum absolute atomic E-state index is 12.7. The summed E-state index contributed by atoms with van der Waals surface area (Å²) in [4.78, 5) is 39.1. The molecule has 8 nitrogen and oxygen atoms in total. The third-order valence-electron chi connectivity index (χ3n) is 5.11. The minimum Gasteiger partial charge on any atom is -0.288 e. The topological polar surface area (TPSA) is 107 Å². The van der Waals surface area contributed by atoms with Crippen molar-refractivity contribution in [2.24, 2.45) is 0 Å². The number of hydrogen-bond donors (Lipinski definition) is 3. The summed E-state index contributed by atoms with van der Waals surface area (Å²) >= 11 is 0. The predicted octanol–water partition coefficient (Wildman–Crippen LogP) is 1.35. The first-order valence-electron chi connectivity index (χ1n) is 9.49. The Morgan fingerprint density at radius 2 is 1.76 bits per heavy atom. The highest BCUT2D eigenvalue weighted by molar-refractivity contribution is 6.05. The highest BCUT2D eigenvalue weighted by Gasteiger charge is 2.31. The molecule has 1 fully saturated rings. The lowest BCUT2D eigenvalue weighted by Crippen LogP contribution is -2.50. The quantitative estimate of drug-likeness (QED) is 0.582. The van der Waals surface area contributed by atoms with Crippen molar-refractivity contribution >= 4 is 22.6 Å². The van der Waals surface area contributed by atoms with Gasteiger partial charge in [-0.1, -0.05) is 48.5 Å². The molecule has 8 heteroatoms. The maximum Gasteiger partial charge on any atom is 0.290 e. The Morgan fingerprint density at radius 1 is 1.03 bits per heavy atom. The lowest BCUT2D eigenvalue weighted by Gasteiger charge is -2.23. The van der Waals surface area contributed by atoms with Gasteiger partial charge in [0.2, 0.25) is 0 Å². The normalized spacial score (nSPS) is 16.6. The molecule has 2 heterocycles. The summed E-state index contributed by atoms with van der Waals surface area (Å²) in [7, 11) is 0. The average molecular weight is 391 g/mol. The molecule has 1 atom stereocenters. The number of aromatic nitrogens is 2. The van der Waals surface area contributed by atoms with Crippen molar-refractivity contribution in [3.63, 3.8) is 0 Å². The van der Waals surface area contributed by atoms with Gasteiger partial charge in [0.15, 0.2) is 5.69 Å². The second-order valence-corrected chi connectivity index (χ2v) is 7.00. The number of benzene rings is 2. The Bertz CT molecular complexity index is 1100. The van der Waals surface area contributed by atoms with E-state index in [-0.39, 0.29) is 23.2 Å². The third-order valence-corrected chi connectivity index (χ3v) is 5.11. The van der Waals surface area contributed by atoms with Crippen LogP contribution in [0.4, 0.5) is 0 Å². The second kappa shape index (κ2) is 8.24. The van der Waals surface area contributed by atoms with E-state index in [9.17, 15) is 14.4 Å². The van der Waals surface area contributed by atoms with E-state index in [0.29, 0.717) is 17.3 Å². The Morgan fingerprint density at radius 3 is 2.55 bits per heavy atom. The molecular formula is C21H21N5O3. The molecule has 1 unspecified atom stereocenters. The van der Waals surface area contributed by atoms with Gasteiger partial charge in [-0.25, -0.2) is 5.10 Å². The van der Waals surface area contributed by atoms with Gasteiger partial charge in [0.05, 0.1) is 11.4 Å². The summed E-state index contributed by atoms with van der Waals surface area (Å²) in [6, 6.07) is 16.4. The van der Waals surface area contributed by atoms with Crippen LogP contribution in [0.15, 0.2) is 59.4 Å². The van der Waals surface area contributed by atoms with E-state index in [0.717, 1.165) is 24.9 Å². The SMILES string of the molecule is O=C(NNC(=O)C1CCCN1Cc1ccccc1)c1n[nH]c(=O)c2ccccc12. The monoisotopic (exact) mass is 391 g/mol. The summed E-state index contributed by atoms with van der Waals surface area (Å²) in [6.45, 7) is 1.51. The van der Waals surface area contributed by atoms with Gasteiger partial charge in [-0.2, -0.15) is 5.10 Å².